The zero-order valence-corrected chi connectivity index (χ0v) is 12.6. The topological polar surface area (TPSA) is 66.8 Å². The number of likely N-dealkylation sites (tertiary alicyclic amines) is 1. The maximum Gasteiger partial charge on any atom is 0.411 e. The highest BCUT2D eigenvalue weighted by Gasteiger charge is 2.44. The Morgan fingerprint density at radius 1 is 1.24 bits per heavy atom. The van der Waals surface area contributed by atoms with E-state index in [0.717, 1.165) is 5.56 Å². The minimum absolute atomic E-state index is 0.198. The minimum Gasteiger partial charge on any atom is -0.480 e. The number of amides is 1. The Balaban J connectivity index is 2.22. The molecule has 1 aliphatic rings. The van der Waals surface area contributed by atoms with Crippen molar-refractivity contribution in [3.63, 3.8) is 0 Å². The second kappa shape index (κ2) is 5.76. The standard InChI is InChI=1S/C16H21NO4/c1-16(2,3)21-15(20)17-10-9-12(13(17)14(18)19)11-7-5-4-6-8-11/h4-8,12-13H,9-10H2,1-3H3,(H,18,19)/t12-,13+/m0/s1. The molecule has 0 spiro atoms. The van der Waals surface area contributed by atoms with Crippen LogP contribution in [0.25, 0.3) is 0 Å². The van der Waals surface area contributed by atoms with Crippen LogP contribution in [0.1, 0.15) is 38.7 Å². The molecule has 2 rings (SSSR count). The number of carbonyl (C=O) groups excluding carboxylic acids is 1. The van der Waals surface area contributed by atoms with Crippen LogP contribution in [0.5, 0.6) is 0 Å². The van der Waals surface area contributed by atoms with Crippen molar-refractivity contribution >= 4 is 12.1 Å². The first-order valence-electron chi connectivity index (χ1n) is 7.07. The van der Waals surface area contributed by atoms with E-state index in [1.807, 2.05) is 30.3 Å². The number of carbonyl (C=O) groups is 2. The van der Waals surface area contributed by atoms with Crippen LogP contribution in [-0.2, 0) is 9.53 Å². The van der Waals surface area contributed by atoms with Crippen molar-refractivity contribution in [2.45, 2.75) is 44.8 Å². The first-order chi connectivity index (χ1) is 9.79. The lowest BCUT2D eigenvalue weighted by Gasteiger charge is -2.28. The highest BCUT2D eigenvalue weighted by molar-refractivity contribution is 5.82. The lowest BCUT2D eigenvalue weighted by atomic mass is 9.92. The molecule has 1 aromatic carbocycles. The summed E-state index contributed by atoms with van der Waals surface area (Å²) in [6, 6.07) is 8.58. The van der Waals surface area contributed by atoms with Gasteiger partial charge < -0.3 is 9.84 Å². The van der Waals surface area contributed by atoms with E-state index in [1.54, 1.807) is 20.8 Å². The van der Waals surface area contributed by atoms with Gasteiger partial charge in [0.1, 0.15) is 11.6 Å². The van der Waals surface area contributed by atoms with Gasteiger partial charge in [0, 0.05) is 12.5 Å². The largest absolute Gasteiger partial charge is 0.480 e. The monoisotopic (exact) mass is 291 g/mol. The molecule has 1 saturated heterocycles. The minimum atomic E-state index is -0.993. The lowest BCUT2D eigenvalue weighted by molar-refractivity contribution is -0.142. The summed E-state index contributed by atoms with van der Waals surface area (Å²) in [5.41, 5.74) is 0.307. The molecule has 1 N–H and O–H groups in total. The Labute approximate surface area is 124 Å². The summed E-state index contributed by atoms with van der Waals surface area (Å²) in [6.07, 6.45) is 0.0635. The molecule has 1 amide bonds. The predicted molar refractivity (Wildman–Crippen MR) is 78.2 cm³/mol. The number of hydrogen-bond donors (Lipinski definition) is 1. The first-order valence-corrected chi connectivity index (χ1v) is 7.07. The second-order valence-electron chi connectivity index (χ2n) is 6.26. The third kappa shape index (κ3) is 3.54. The highest BCUT2D eigenvalue weighted by Crippen LogP contribution is 2.34. The van der Waals surface area contributed by atoms with Crippen LogP contribution in [-0.4, -0.2) is 40.3 Å². The normalized spacial score (nSPS) is 22.1. The fourth-order valence-electron chi connectivity index (χ4n) is 2.67. The molecule has 0 aromatic heterocycles. The molecule has 0 saturated carbocycles. The maximum atomic E-state index is 12.2. The highest BCUT2D eigenvalue weighted by atomic mass is 16.6. The molecule has 5 heteroatoms. The van der Waals surface area contributed by atoms with E-state index < -0.39 is 23.7 Å². The Hall–Kier alpha value is -2.04. The molecule has 0 bridgehead atoms. The van der Waals surface area contributed by atoms with Crippen LogP contribution in [0.4, 0.5) is 4.79 Å². The molecular weight excluding hydrogens is 270 g/mol. The van der Waals surface area contributed by atoms with Crippen molar-refractivity contribution in [1.29, 1.82) is 0 Å². The van der Waals surface area contributed by atoms with Crippen molar-refractivity contribution in [3.05, 3.63) is 35.9 Å². The molecule has 1 aromatic rings. The molecule has 1 heterocycles. The maximum absolute atomic E-state index is 12.2. The summed E-state index contributed by atoms with van der Waals surface area (Å²) >= 11 is 0. The van der Waals surface area contributed by atoms with Crippen LogP contribution in [0.2, 0.25) is 0 Å². The van der Waals surface area contributed by atoms with Gasteiger partial charge in [-0.1, -0.05) is 30.3 Å². The molecule has 1 aliphatic heterocycles. The van der Waals surface area contributed by atoms with Gasteiger partial charge in [0.25, 0.3) is 0 Å². The van der Waals surface area contributed by atoms with E-state index in [4.69, 9.17) is 4.74 Å². The van der Waals surface area contributed by atoms with Gasteiger partial charge in [-0.05, 0) is 32.8 Å². The zero-order chi connectivity index (χ0) is 15.6. The van der Waals surface area contributed by atoms with Gasteiger partial charge in [-0.25, -0.2) is 9.59 Å². The number of benzene rings is 1. The summed E-state index contributed by atoms with van der Waals surface area (Å²) < 4.78 is 5.31. The van der Waals surface area contributed by atoms with E-state index in [1.165, 1.54) is 4.90 Å². The van der Waals surface area contributed by atoms with Crippen molar-refractivity contribution < 1.29 is 19.4 Å². The molecule has 0 radical (unpaired) electrons. The van der Waals surface area contributed by atoms with Gasteiger partial charge >= 0.3 is 12.1 Å². The summed E-state index contributed by atoms with van der Waals surface area (Å²) in [7, 11) is 0. The van der Waals surface area contributed by atoms with Gasteiger partial charge in [0.2, 0.25) is 0 Å². The Kier molecular flexibility index (Phi) is 4.21. The van der Waals surface area contributed by atoms with Crippen LogP contribution in [0.3, 0.4) is 0 Å². The van der Waals surface area contributed by atoms with Crippen molar-refractivity contribution in [1.82, 2.24) is 4.90 Å². The molecular formula is C16H21NO4. The summed E-state index contributed by atoms with van der Waals surface area (Å²) in [4.78, 5) is 25.1. The molecule has 5 nitrogen and oxygen atoms in total. The molecule has 1 fully saturated rings. The number of aliphatic carboxylic acids is 1. The Bertz CT molecular complexity index is 521. The van der Waals surface area contributed by atoms with Gasteiger partial charge in [-0.15, -0.1) is 0 Å². The quantitative estimate of drug-likeness (QED) is 0.909. The number of carboxylic acids is 1. The second-order valence-corrected chi connectivity index (χ2v) is 6.26. The summed E-state index contributed by atoms with van der Waals surface area (Å²) in [6.45, 7) is 5.70. The van der Waals surface area contributed by atoms with Crippen LogP contribution >= 0.6 is 0 Å². The van der Waals surface area contributed by atoms with E-state index in [2.05, 4.69) is 0 Å². The van der Waals surface area contributed by atoms with E-state index in [-0.39, 0.29) is 5.92 Å². The number of ether oxygens (including phenoxy) is 1. The Morgan fingerprint density at radius 2 is 1.86 bits per heavy atom. The number of nitrogens with zero attached hydrogens (tertiary/aromatic N) is 1. The molecule has 0 aliphatic carbocycles. The van der Waals surface area contributed by atoms with Crippen molar-refractivity contribution in [3.8, 4) is 0 Å². The number of hydrogen-bond acceptors (Lipinski definition) is 3. The van der Waals surface area contributed by atoms with Gasteiger partial charge in [-0.3, -0.25) is 4.90 Å². The van der Waals surface area contributed by atoms with Gasteiger partial charge in [0.15, 0.2) is 0 Å². The van der Waals surface area contributed by atoms with E-state index >= 15 is 0 Å². The fraction of sp³-hybridized carbons (Fsp3) is 0.500. The predicted octanol–water partition coefficient (Wildman–Crippen LogP) is 2.86. The molecule has 2 atom stereocenters. The average molecular weight is 291 g/mol. The third-order valence-electron chi connectivity index (χ3n) is 3.51. The third-order valence-corrected chi connectivity index (χ3v) is 3.51. The van der Waals surface area contributed by atoms with Crippen LogP contribution in [0.15, 0.2) is 30.3 Å². The number of carboxylic acid groups (broad SMARTS) is 1. The van der Waals surface area contributed by atoms with E-state index in [9.17, 15) is 14.7 Å². The molecule has 0 unspecified atom stereocenters. The average Bonchev–Trinajstić information content (AvgIpc) is 2.82. The number of rotatable bonds is 2. The smallest absolute Gasteiger partial charge is 0.411 e. The SMILES string of the molecule is CC(C)(C)OC(=O)N1CC[C@@H](c2ccccc2)[C@@H]1C(=O)O. The molecule has 21 heavy (non-hydrogen) atoms. The van der Waals surface area contributed by atoms with Crippen molar-refractivity contribution in [2.24, 2.45) is 0 Å². The lowest BCUT2D eigenvalue weighted by Crippen LogP contribution is -2.45. The van der Waals surface area contributed by atoms with Crippen LogP contribution < -0.4 is 0 Å². The fourth-order valence-corrected chi connectivity index (χ4v) is 2.67. The molecule has 114 valence electrons. The van der Waals surface area contributed by atoms with Crippen LogP contribution in [0, 0.1) is 0 Å². The van der Waals surface area contributed by atoms with E-state index in [0.29, 0.717) is 13.0 Å². The summed E-state index contributed by atoms with van der Waals surface area (Å²) in [5.74, 6) is -1.19. The Morgan fingerprint density at radius 3 is 2.38 bits per heavy atom. The van der Waals surface area contributed by atoms with Crippen molar-refractivity contribution in [2.75, 3.05) is 6.54 Å². The summed E-state index contributed by atoms with van der Waals surface area (Å²) in [5, 5.41) is 9.51. The van der Waals surface area contributed by atoms with Gasteiger partial charge in [0.05, 0.1) is 0 Å². The zero-order valence-electron chi connectivity index (χ0n) is 12.6. The first kappa shape index (κ1) is 15.4. The van der Waals surface area contributed by atoms with Gasteiger partial charge in [-0.2, -0.15) is 0 Å².